The lowest BCUT2D eigenvalue weighted by atomic mass is 10.1. The summed E-state index contributed by atoms with van der Waals surface area (Å²) in [6, 6.07) is 8.26. The van der Waals surface area contributed by atoms with Crippen molar-refractivity contribution in [3.63, 3.8) is 0 Å². The van der Waals surface area contributed by atoms with Crippen LogP contribution in [0.3, 0.4) is 0 Å². The second-order valence-electron chi connectivity index (χ2n) is 7.22. The Kier molecular flexibility index (Phi) is 5.99. The largest absolute Gasteiger partial charge is 0.486 e. The van der Waals surface area contributed by atoms with Gasteiger partial charge in [0, 0.05) is 24.3 Å². The molecular formula is C22H23FN4O2S. The monoisotopic (exact) mass is 426 g/mol. The standard InChI is InChI=1S/C22H23FN4O2S/c1-14-9-16(27-30(2)3)11-19-21(14)22(25-13-24-19)26-18-7-6-15(23)10-20(18)29-17-5-4-8-28-12-17/h2,6-7,9-11,13,17H,4-5,8,12H2,1,3H3,(H,24,25,26)/t17-/m1/s1. The Morgan fingerprint density at radius 3 is 2.93 bits per heavy atom. The van der Waals surface area contributed by atoms with Crippen molar-refractivity contribution in [2.75, 3.05) is 24.8 Å². The molecule has 0 radical (unpaired) electrons. The van der Waals surface area contributed by atoms with Gasteiger partial charge in [0.1, 0.15) is 29.8 Å². The number of rotatable bonds is 5. The van der Waals surface area contributed by atoms with Gasteiger partial charge in [-0.05, 0) is 49.6 Å². The van der Waals surface area contributed by atoms with Crippen molar-refractivity contribution < 1.29 is 13.9 Å². The Hall–Kier alpha value is -2.93. The molecule has 0 bridgehead atoms. The smallest absolute Gasteiger partial charge is 0.146 e. The summed E-state index contributed by atoms with van der Waals surface area (Å²) in [6.45, 7) is 3.21. The normalized spacial score (nSPS) is 17.1. The molecular weight excluding hydrogens is 403 g/mol. The maximum atomic E-state index is 13.9. The molecule has 4 rings (SSSR count). The fourth-order valence-electron chi connectivity index (χ4n) is 3.50. The van der Waals surface area contributed by atoms with Gasteiger partial charge in [0.2, 0.25) is 0 Å². The van der Waals surface area contributed by atoms with Crippen LogP contribution in [0.4, 0.5) is 21.6 Å². The van der Waals surface area contributed by atoms with E-state index in [9.17, 15) is 4.39 Å². The number of aromatic nitrogens is 2. The molecule has 1 saturated heterocycles. The molecule has 6 nitrogen and oxygen atoms in total. The fourth-order valence-corrected chi connectivity index (χ4v) is 3.93. The number of fused-ring (bicyclic) bond motifs is 1. The first kappa shape index (κ1) is 20.3. The van der Waals surface area contributed by atoms with Gasteiger partial charge in [0.05, 0.1) is 23.5 Å². The Morgan fingerprint density at radius 1 is 1.30 bits per heavy atom. The van der Waals surface area contributed by atoms with Gasteiger partial charge in [-0.25, -0.2) is 18.7 Å². The molecule has 3 aromatic rings. The Bertz CT molecular complexity index is 1220. The van der Waals surface area contributed by atoms with E-state index in [1.54, 1.807) is 6.07 Å². The quantitative estimate of drug-likeness (QED) is 0.620. The van der Waals surface area contributed by atoms with Gasteiger partial charge in [-0.1, -0.05) is 15.8 Å². The number of anilines is 2. The van der Waals surface area contributed by atoms with Gasteiger partial charge in [-0.15, -0.1) is 0 Å². The molecule has 2 heterocycles. The maximum absolute atomic E-state index is 13.9. The van der Waals surface area contributed by atoms with E-state index in [1.165, 1.54) is 18.5 Å². The highest BCUT2D eigenvalue weighted by Gasteiger charge is 2.18. The average molecular weight is 427 g/mol. The zero-order chi connectivity index (χ0) is 21.1. The van der Waals surface area contributed by atoms with Crippen molar-refractivity contribution >= 4 is 38.2 Å². The molecule has 1 aliphatic heterocycles. The van der Waals surface area contributed by atoms with Crippen LogP contribution in [0.2, 0.25) is 0 Å². The highest BCUT2D eigenvalue weighted by molar-refractivity contribution is 7.75. The van der Waals surface area contributed by atoms with Gasteiger partial charge in [-0.3, -0.25) is 0 Å². The summed E-state index contributed by atoms with van der Waals surface area (Å²) < 4.78 is 29.9. The number of hydrogen-bond acceptors (Lipinski definition) is 6. The first-order valence-electron chi connectivity index (χ1n) is 9.68. The van der Waals surface area contributed by atoms with E-state index in [0.29, 0.717) is 23.9 Å². The van der Waals surface area contributed by atoms with Crippen LogP contribution in [0.25, 0.3) is 10.9 Å². The molecule has 1 aliphatic rings. The molecule has 1 aromatic heterocycles. The summed E-state index contributed by atoms with van der Waals surface area (Å²) in [5, 5.41) is 4.16. The second-order valence-corrected chi connectivity index (χ2v) is 8.45. The van der Waals surface area contributed by atoms with E-state index in [1.807, 2.05) is 25.3 Å². The van der Waals surface area contributed by atoms with Crippen LogP contribution in [0, 0.1) is 18.4 Å². The average Bonchev–Trinajstić information content (AvgIpc) is 2.70. The third-order valence-corrected chi connectivity index (χ3v) is 5.28. The van der Waals surface area contributed by atoms with Crippen molar-refractivity contribution in [3.05, 3.63) is 48.0 Å². The summed E-state index contributed by atoms with van der Waals surface area (Å²) in [4.78, 5) is 8.80. The minimum Gasteiger partial charge on any atom is -0.486 e. The lowest BCUT2D eigenvalue weighted by molar-refractivity contribution is 0.00763. The first-order chi connectivity index (χ1) is 14.5. The molecule has 1 N–H and O–H groups in total. The third-order valence-electron chi connectivity index (χ3n) is 4.78. The number of halogens is 1. The molecule has 0 aliphatic carbocycles. The summed E-state index contributed by atoms with van der Waals surface area (Å²) in [5.74, 6) is 0.683. The first-order valence-corrected chi connectivity index (χ1v) is 11.3. The zero-order valence-electron chi connectivity index (χ0n) is 16.9. The predicted octanol–water partition coefficient (Wildman–Crippen LogP) is 5.03. The molecule has 30 heavy (non-hydrogen) atoms. The molecule has 1 fully saturated rings. The van der Waals surface area contributed by atoms with Gasteiger partial charge < -0.3 is 14.8 Å². The van der Waals surface area contributed by atoms with Gasteiger partial charge >= 0.3 is 0 Å². The highest BCUT2D eigenvalue weighted by Crippen LogP contribution is 2.34. The van der Waals surface area contributed by atoms with E-state index >= 15 is 0 Å². The Balaban J connectivity index is 1.71. The summed E-state index contributed by atoms with van der Waals surface area (Å²) in [7, 11) is -0.560. The predicted molar refractivity (Wildman–Crippen MR) is 119 cm³/mol. The summed E-state index contributed by atoms with van der Waals surface area (Å²) in [6.07, 6.45) is 5.03. The SMILES string of the molecule is C#S(/C)=N/c1cc(C)c2c(Nc3ccc(F)cc3O[C@@H]3CCCOC3)ncnc2c1. The van der Waals surface area contributed by atoms with Crippen LogP contribution in [-0.2, 0) is 14.8 Å². The van der Waals surface area contributed by atoms with E-state index in [4.69, 9.17) is 15.2 Å². The van der Waals surface area contributed by atoms with Crippen LogP contribution in [0.15, 0.2) is 41.0 Å². The lowest BCUT2D eigenvalue weighted by Crippen LogP contribution is -2.28. The minimum atomic E-state index is -0.560. The topological polar surface area (TPSA) is 68.6 Å². The lowest BCUT2D eigenvalue weighted by Gasteiger charge is -2.24. The molecule has 1 atom stereocenters. The van der Waals surface area contributed by atoms with Crippen LogP contribution < -0.4 is 10.1 Å². The number of hydrogen-bond donors (Lipinski definition) is 1. The molecule has 0 unspecified atom stereocenters. The Morgan fingerprint density at radius 2 is 2.17 bits per heavy atom. The number of nitrogens with zero attached hydrogens (tertiary/aromatic N) is 3. The van der Waals surface area contributed by atoms with Crippen LogP contribution in [-0.4, -0.2) is 35.5 Å². The molecule has 2 aromatic carbocycles. The third kappa shape index (κ3) is 4.62. The molecule has 8 heteroatoms. The number of ether oxygens (including phenoxy) is 2. The minimum absolute atomic E-state index is 0.103. The van der Waals surface area contributed by atoms with Crippen molar-refractivity contribution in [2.45, 2.75) is 25.9 Å². The van der Waals surface area contributed by atoms with Gasteiger partial charge in [0.25, 0.3) is 0 Å². The van der Waals surface area contributed by atoms with Crippen molar-refractivity contribution in [1.29, 1.82) is 0 Å². The molecule has 0 spiro atoms. The van der Waals surface area contributed by atoms with E-state index < -0.39 is 10.1 Å². The summed E-state index contributed by atoms with van der Waals surface area (Å²) >= 11 is 0. The number of benzene rings is 2. The zero-order valence-corrected chi connectivity index (χ0v) is 17.7. The number of aryl methyl sites for hydroxylation is 1. The van der Waals surface area contributed by atoms with Crippen molar-refractivity contribution in [3.8, 4) is 11.4 Å². The second kappa shape index (κ2) is 8.83. The van der Waals surface area contributed by atoms with E-state index in [2.05, 4.69) is 19.6 Å². The van der Waals surface area contributed by atoms with Gasteiger partial charge in [0.15, 0.2) is 0 Å². The van der Waals surface area contributed by atoms with E-state index in [-0.39, 0.29) is 11.9 Å². The van der Waals surface area contributed by atoms with Crippen molar-refractivity contribution in [1.82, 2.24) is 9.97 Å². The van der Waals surface area contributed by atoms with Crippen LogP contribution in [0.1, 0.15) is 18.4 Å². The number of nitrogens with one attached hydrogen (secondary N) is 1. The van der Waals surface area contributed by atoms with Crippen molar-refractivity contribution in [2.24, 2.45) is 4.36 Å². The van der Waals surface area contributed by atoms with Crippen LogP contribution >= 0.6 is 0 Å². The maximum Gasteiger partial charge on any atom is 0.146 e. The Labute approximate surface area is 176 Å². The van der Waals surface area contributed by atoms with Crippen LogP contribution in [0.5, 0.6) is 5.75 Å². The molecule has 0 saturated carbocycles. The molecule has 0 amide bonds. The highest BCUT2D eigenvalue weighted by atomic mass is 32.2. The fraction of sp³-hybridized carbons (Fsp3) is 0.318. The van der Waals surface area contributed by atoms with Gasteiger partial charge in [-0.2, -0.15) is 0 Å². The molecule has 156 valence electrons. The van der Waals surface area contributed by atoms with E-state index in [0.717, 1.165) is 41.6 Å². The summed E-state index contributed by atoms with van der Waals surface area (Å²) in [5.41, 5.74) is 8.94.